The summed E-state index contributed by atoms with van der Waals surface area (Å²) >= 11 is 6.11. The molecule has 5 N–H and O–H groups in total. The highest BCUT2D eigenvalue weighted by Gasteiger charge is 2.25. The number of guanidine groups is 1. The normalized spacial score (nSPS) is 12.7. The fourth-order valence-electron chi connectivity index (χ4n) is 2.37. The summed E-state index contributed by atoms with van der Waals surface area (Å²) in [4.78, 5) is 24.7. The van der Waals surface area contributed by atoms with E-state index >= 15 is 0 Å². The van der Waals surface area contributed by atoms with Gasteiger partial charge in [0.05, 0.1) is 10.6 Å². The summed E-state index contributed by atoms with van der Waals surface area (Å²) in [7, 11) is 0. The fraction of sp³-hybridized carbons (Fsp3) is 0.0625. The molecule has 0 saturated heterocycles. The van der Waals surface area contributed by atoms with Crippen LogP contribution in [-0.4, -0.2) is 24.4 Å². The van der Waals surface area contributed by atoms with Crippen LogP contribution in [-0.2, 0) is 0 Å². The van der Waals surface area contributed by atoms with E-state index in [1.165, 1.54) is 0 Å². The predicted molar refractivity (Wildman–Crippen MR) is 96.7 cm³/mol. The highest BCUT2D eigenvalue weighted by atomic mass is 35.5. The number of hydrazine groups is 2. The molecule has 0 aliphatic carbocycles. The topological polar surface area (TPSA) is 116 Å². The Kier molecular flexibility index (Phi) is 6.23. The lowest BCUT2D eigenvalue weighted by Crippen LogP contribution is -2.43. The van der Waals surface area contributed by atoms with Gasteiger partial charge in [-0.25, -0.2) is 14.3 Å². The Labute approximate surface area is 170 Å². The van der Waals surface area contributed by atoms with Crippen LogP contribution in [0.15, 0.2) is 35.4 Å². The van der Waals surface area contributed by atoms with Gasteiger partial charge in [-0.05, 0) is 24.3 Å². The minimum absolute atomic E-state index is 0.0389. The van der Waals surface area contributed by atoms with Crippen LogP contribution in [0.4, 0.5) is 23.2 Å². The lowest BCUT2D eigenvalue weighted by Gasteiger charge is -2.16. The first-order valence-corrected chi connectivity index (χ1v) is 8.33. The maximum Gasteiger partial charge on any atom is 0.387 e. The lowest BCUT2D eigenvalue weighted by atomic mass is 10.1. The number of amides is 2. The van der Waals surface area contributed by atoms with Gasteiger partial charge in [0.2, 0.25) is 5.96 Å². The van der Waals surface area contributed by atoms with Crippen LogP contribution >= 0.6 is 11.6 Å². The van der Waals surface area contributed by atoms with E-state index in [9.17, 15) is 27.2 Å². The molecule has 0 bridgehead atoms. The summed E-state index contributed by atoms with van der Waals surface area (Å²) in [6, 6.07) is 4.68. The van der Waals surface area contributed by atoms with Crippen LogP contribution < -0.4 is 31.9 Å². The number of nitrogens with zero attached hydrogens (tertiary/aromatic N) is 1. The monoisotopic (exact) mass is 446 g/mol. The van der Waals surface area contributed by atoms with Gasteiger partial charge in [0.15, 0.2) is 5.75 Å². The zero-order valence-electron chi connectivity index (χ0n) is 14.5. The van der Waals surface area contributed by atoms with Crippen molar-refractivity contribution in [1.82, 2.24) is 21.8 Å². The van der Waals surface area contributed by atoms with Gasteiger partial charge in [0.25, 0.3) is 11.8 Å². The quantitative estimate of drug-likeness (QED) is 0.449. The molecule has 1 aliphatic rings. The van der Waals surface area contributed by atoms with Crippen molar-refractivity contribution >= 4 is 35.1 Å². The van der Waals surface area contributed by atoms with E-state index in [0.717, 1.165) is 30.3 Å². The number of ether oxygens (including phenoxy) is 1. The van der Waals surface area contributed by atoms with Crippen LogP contribution in [0, 0.1) is 11.6 Å². The minimum Gasteiger partial charge on any atom is -0.433 e. The average molecular weight is 447 g/mol. The van der Waals surface area contributed by atoms with E-state index in [1.807, 2.05) is 5.32 Å². The van der Waals surface area contributed by atoms with Gasteiger partial charge in [0.1, 0.15) is 22.9 Å². The number of anilines is 1. The molecule has 1 heterocycles. The van der Waals surface area contributed by atoms with Gasteiger partial charge in [0, 0.05) is 0 Å². The molecule has 0 radical (unpaired) electrons. The van der Waals surface area contributed by atoms with Gasteiger partial charge < -0.3 is 10.1 Å². The van der Waals surface area contributed by atoms with Gasteiger partial charge >= 0.3 is 6.61 Å². The SMILES string of the molecule is O=C(NC1=NNNN1)c1ccc(OC(F)F)c(NC(=O)c2c(F)cccc2F)c1Cl. The van der Waals surface area contributed by atoms with Crippen molar-refractivity contribution in [3.8, 4) is 5.75 Å². The van der Waals surface area contributed by atoms with E-state index < -0.39 is 52.1 Å². The molecule has 0 fully saturated rings. The van der Waals surface area contributed by atoms with E-state index in [1.54, 1.807) is 0 Å². The third-order valence-corrected chi connectivity index (χ3v) is 4.02. The van der Waals surface area contributed by atoms with E-state index in [-0.39, 0.29) is 11.5 Å². The van der Waals surface area contributed by atoms with Crippen molar-refractivity contribution in [3.05, 3.63) is 58.1 Å². The summed E-state index contributed by atoms with van der Waals surface area (Å²) in [6.45, 7) is -3.31. The van der Waals surface area contributed by atoms with Crippen molar-refractivity contribution in [2.75, 3.05) is 5.32 Å². The fourth-order valence-corrected chi connectivity index (χ4v) is 2.66. The highest BCUT2D eigenvalue weighted by Crippen LogP contribution is 2.37. The number of hydrogen-bond donors (Lipinski definition) is 5. The van der Waals surface area contributed by atoms with Gasteiger partial charge in [-0.3, -0.25) is 20.3 Å². The lowest BCUT2D eigenvalue weighted by molar-refractivity contribution is -0.0493. The Morgan fingerprint density at radius 1 is 1.07 bits per heavy atom. The molecule has 0 spiro atoms. The number of alkyl halides is 2. The summed E-state index contributed by atoms with van der Waals surface area (Å²) in [5.41, 5.74) is 5.23. The maximum absolute atomic E-state index is 13.9. The smallest absolute Gasteiger partial charge is 0.387 e. The molecular formula is C16H11ClF4N6O3. The van der Waals surface area contributed by atoms with Gasteiger partial charge in [-0.2, -0.15) is 8.78 Å². The molecule has 3 rings (SSSR count). The third kappa shape index (κ3) is 4.52. The highest BCUT2D eigenvalue weighted by molar-refractivity contribution is 6.37. The number of benzene rings is 2. The number of carbonyl (C=O) groups excluding carboxylic acids is 2. The Bertz CT molecular complexity index is 1020. The van der Waals surface area contributed by atoms with Gasteiger partial charge in [-0.1, -0.05) is 17.7 Å². The predicted octanol–water partition coefficient (Wildman–Crippen LogP) is 2.09. The first-order chi connectivity index (χ1) is 14.3. The van der Waals surface area contributed by atoms with E-state index in [0.29, 0.717) is 0 Å². The molecule has 2 aromatic rings. The molecule has 14 heteroatoms. The second-order valence-electron chi connectivity index (χ2n) is 5.51. The standard InChI is InChI=1S/C16H11ClF4N6O3/c17-11-6(13(28)23-16-24-26-27-25-16)4-5-9(30-15(20)21)12(11)22-14(29)10-7(18)2-1-3-8(10)19/h1-5,15,26-27H,(H,22,29)(H2,23,24,25,28). The first-order valence-electron chi connectivity index (χ1n) is 7.95. The molecule has 0 atom stereocenters. The molecule has 1 aliphatic heterocycles. The second-order valence-corrected chi connectivity index (χ2v) is 5.88. The van der Waals surface area contributed by atoms with Crippen molar-refractivity contribution in [2.24, 2.45) is 5.10 Å². The molecule has 0 unspecified atom stereocenters. The van der Waals surface area contributed by atoms with Crippen molar-refractivity contribution in [2.45, 2.75) is 6.61 Å². The maximum atomic E-state index is 13.9. The Morgan fingerprint density at radius 3 is 2.37 bits per heavy atom. The number of carbonyl (C=O) groups is 2. The Balaban J connectivity index is 1.97. The minimum atomic E-state index is -3.31. The average Bonchev–Trinajstić information content (AvgIpc) is 3.17. The van der Waals surface area contributed by atoms with Crippen LogP contribution in [0.3, 0.4) is 0 Å². The van der Waals surface area contributed by atoms with Crippen molar-refractivity contribution in [3.63, 3.8) is 0 Å². The number of rotatable bonds is 5. The first kappa shape index (κ1) is 21.1. The molecule has 0 aromatic heterocycles. The number of nitrogens with one attached hydrogen (secondary N) is 5. The third-order valence-electron chi connectivity index (χ3n) is 3.63. The Hall–Kier alpha value is -3.58. The zero-order chi connectivity index (χ0) is 21.8. The second kappa shape index (κ2) is 8.84. The van der Waals surface area contributed by atoms with Crippen LogP contribution in [0.5, 0.6) is 5.75 Å². The number of hydrogen-bond acceptors (Lipinski definition) is 7. The summed E-state index contributed by atoms with van der Waals surface area (Å²) in [5, 5.41) is 7.40. The van der Waals surface area contributed by atoms with Crippen LogP contribution in [0.25, 0.3) is 0 Å². The van der Waals surface area contributed by atoms with E-state index in [4.69, 9.17) is 11.6 Å². The molecular weight excluding hydrogens is 436 g/mol. The summed E-state index contributed by atoms with van der Waals surface area (Å²) < 4.78 is 57.5. The molecule has 9 nitrogen and oxygen atoms in total. The molecule has 30 heavy (non-hydrogen) atoms. The zero-order valence-corrected chi connectivity index (χ0v) is 15.3. The molecule has 0 saturated carbocycles. The summed E-state index contributed by atoms with van der Waals surface area (Å²) in [6.07, 6.45) is 0. The molecule has 2 aromatic carbocycles. The number of halogens is 5. The van der Waals surface area contributed by atoms with Crippen molar-refractivity contribution < 1.29 is 31.9 Å². The van der Waals surface area contributed by atoms with E-state index in [2.05, 4.69) is 31.7 Å². The summed E-state index contributed by atoms with van der Waals surface area (Å²) in [5.74, 6) is -5.23. The Morgan fingerprint density at radius 2 is 1.77 bits per heavy atom. The molecule has 158 valence electrons. The number of hydrazone groups is 1. The molecule has 2 amide bonds. The van der Waals surface area contributed by atoms with Crippen LogP contribution in [0.1, 0.15) is 20.7 Å². The van der Waals surface area contributed by atoms with Crippen LogP contribution in [0.2, 0.25) is 5.02 Å². The largest absolute Gasteiger partial charge is 0.433 e. The van der Waals surface area contributed by atoms with Gasteiger partial charge in [-0.15, -0.1) is 10.6 Å². The van der Waals surface area contributed by atoms with Crippen molar-refractivity contribution in [1.29, 1.82) is 0 Å².